The zero-order valence-electron chi connectivity index (χ0n) is 12.6. The minimum atomic E-state index is -0.162. The van der Waals surface area contributed by atoms with E-state index in [2.05, 4.69) is 20.9 Å². The van der Waals surface area contributed by atoms with E-state index in [9.17, 15) is 9.59 Å². The average Bonchev–Trinajstić information content (AvgIpc) is 2.94. The Balaban J connectivity index is 1.70. The molecule has 2 fully saturated rings. The van der Waals surface area contributed by atoms with E-state index in [1.165, 1.54) is 6.92 Å². The van der Waals surface area contributed by atoms with Crippen molar-refractivity contribution in [3.63, 3.8) is 0 Å². The van der Waals surface area contributed by atoms with E-state index in [-0.39, 0.29) is 35.9 Å². The van der Waals surface area contributed by atoms with Crippen molar-refractivity contribution in [2.75, 3.05) is 19.0 Å². The molecule has 22 heavy (non-hydrogen) atoms. The molecule has 2 aliphatic rings. The fourth-order valence-corrected chi connectivity index (χ4v) is 3.25. The number of nitrogens with zero attached hydrogens (tertiary/aromatic N) is 1. The Morgan fingerprint density at radius 2 is 2.14 bits per heavy atom. The Morgan fingerprint density at radius 1 is 1.32 bits per heavy atom. The number of hydrogen-bond acceptors (Lipinski definition) is 5. The zero-order valence-corrected chi connectivity index (χ0v) is 12.6. The topological polar surface area (TPSA) is 92.4 Å². The highest BCUT2D eigenvalue weighted by molar-refractivity contribution is 5.95. The summed E-state index contributed by atoms with van der Waals surface area (Å²) < 4.78 is 5.63. The van der Waals surface area contributed by atoms with Crippen LogP contribution >= 0.6 is 0 Å². The number of amides is 2. The molecular formula is C15H20N4O3. The molecule has 7 heteroatoms. The van der Waals surface area contributed by atoms with Crippen LogP contribution in [0.3, 0.4) is 0 Å². The summed E-state index contributed by atoms with van der Waals surface area (Å²) in [6, 6.07) is 3.13. The smallest absolute Gasteiger partial charge is 0.251 e. The zero-order chi connectivity index (χ0) is 15.7. The number of fused-ring (bicyclic) bond motifs is 1. The second-order valence-electron chi connectivity index (χ2n) is 5.69. The molecule has 1 saturated heterocycles. The number of ether oxygens (including phenoxy) is 1. The fraction of sp³-hybridized carbons (Fsp3) is 0.533. The molecule has 2 heterocycles. The second kappa shape index (κ2) is 5.92. The van der Waals surface area contributed by atoms with E-state index >= 15 is 0 Å². The van der Waals surface area contributed by atoms with Crippen LogP contribution in [-0.4, -0.2) is 48.6 Å². The molecule has 0 radical (unpaired) electrons. The fourth-order valence-electron chi connectivity index (χ4n) is 3.25. The Morgan fingerprint density at radius 3 is 2.86 bits per heavy atom. The van der Waals surface area contributed by atoms with Gasteiger partial charge >= 0.3 is 0 Å². The van der Waals surface area contributed by atoms with Crippen LogP contribution in [0.4, 0.5) is 5.82 Å². The SMILES string of the molecule is CNc1cc(C(=O)N[C@H]2[C@H]3CCO[C@H]3[C@@H]2NC(C)=O)ccn1. The third-order valence-corrected chi connectivity index (χ3v) is 4.33. The Hall–Kier alpha value is -2.15. The number of rotatable bonds is 4. The van der Waals surface area contributed by atoms with Gasteiger partial charge in [-0.15, -0.1) is 0 Å². The standard InChI is InChI=1S/C15H20N4O3/c1-8(20)18-13-12(10-4-6-22-14(10)13)19-15(21)9-3-5-17-11(7-9)16-2/h3,5,7,10,12-14H,4,6H2,1-2H3,(H,16,17)(H,18,20)(H,19,21)/t10-,12+,13-,14-/m1/s1. The number of hydrogen-bond donors (Lipinski definition) is 3. The Bertz CT molecular complexity index is 592. The molecule has 0 unspecified atom stereocenters. The molecular weight excluding hydrogens is 284 g/mol. The lowest BCUT2D eigenvalue weighted by Crippen LogP contribution is -2.70. The summed E-state index contributed by atoms with van der Waals surface area (Å²) in [5.41, 5.74) is 0.545. The summed E-state index contributed by atoms with van der Waals surface area (Å²) in [7, 11) is 1.75. The molecule has 118 valence electrons. The van der Waals surface area contributed by atoms with Gasteiger partial charge in [0, 0.05) is 38.3 Å². The van der Waals surface area contributed by atoms with Crippen LogP contribution in [0, 0.1) is 5.92 Å². The van der Waals surface area contributed by atoms with Crippen LogP contribution in [0.15, 0.2) is 18.3 Å². The maximum Gasteiger partial charge on any atom is 0.251 e. The van der Waals surface area contributed by atoms with Crippen molar-refractivity contribution in [1.29, 1.82) is 0 Å². The predicted molar refractivity (Wildman–Crippen MR) is 80.5 cm³/mol. The summed E-state index contributed by atoms with van der Waals surface area (Å²) in [4.78, 5) is 27.8. The molecule has 3 rings (SSSR count). The molecule has 0 spiro atoms. The highest BCUT2D eigenvalue weighted by atomic mass is 16.5. The van der Waals surface area contributed by atoms with Crippen LogP contribution in [-0.2, 0) is 9.53 Å². The molecule has 3 N–H and O–H groups in total. The van der Waals surface area contributed by atoms with E-state index in [0.29, 0.717) is 18.0 Å². The highest BCUT2D eigenvalue weighted by Crippen LogP contribution is 2.39. The first-order valence-electron chi connectivity index (χ1n) is 7.43. The van der Waals surface area contributed by atoms with Gasteiger partial charge in [-0.1, -0.05) is 0 Å². The first-order chi connectivity index (χ1) is 10.6. The third-order valence-electron chi connectivity index (χ3n) is 4.33. The minimum absolute atomic E-state index is 0.0134. The molecule has 1 aliphatic carbocycles. The van der Waals surface area contributed by atoms with E-state index < -0.39 is 0 Å². The van der Waals surface area contributed by atoms with Gasteiger partial charge in [0.25, 0.3) is 5.91 Å². The van der Waals surface area contributed by atoms with Gasteiger partial charge in [-0.2, -0.15) is 0 Å². The number of nitrogens with one attached hydrogen (secondary N) is 3. The summed E-state index contributed by atoms with van der Waals surface area (Å²) in [6.45, 7) is 2.15. The molecule has 0 bridgehead atoms. The predicted octanol–water partition coefficient (Wildman–Crippen LogP) is 0.145. The summed E-state index contributed by atoms with van der Waals surface area (Å²) >= 11 is 0. The van der Waals surface area contributed by atoms with Crippen LogP contribution < -0.4 is 16.0 Å². The molecule has 0 aromatic carbocycles. The van der Waals surface area contributed by atoms with Crippen molar-refractivity contribution < 1.29 is 14.3 Å². The lowest BCUT2D eigenvalue weighted by atomic mass is 9.71. The van der Waals surface area contributed by atoms with Gasteiger partial charge in [0.05, 0.1) is 18.2 Å². The summed E-state index contributed by atoms with van der Waals surface area (Å²) in [5, 5.41) is 8.81. The van der Waals surface area contributed by atoms with Gasteiger partial charge < -0.3 is 20.7 Å². The molecule has 7 nitrogen and oxygen atoms in total. The maximum atomic E-state index is 12.4. The first kappa shape index (κ1) is 14.8. The van der Waals surface area contributed by atoms with Gasteiger partial charge in [0.15, 0.2) is 0 Å². The number of anilines is 1. The maximum absolute atomic E-state index is 12.4. The van der Waals surface area contributed by atoms with Crippen molar-refractivity contribution in [2.24, 2.45) is 5.92 Å². The normalized spacial score (nSPS) is 29.2. The highest BCUT2D eigenvalue weighted by Gasteiger charge is 2.54. The summed E-state index contributed by atoms with van der Waals surface area (Å²) in [6.07, 6.45) is 2.51. The summed E-state index contributed by atoms with van der Waals surface area (Å²) in [5.74, 6) is 0.636. The molecule has 4 atom stereocenters. The second-order valence-corrected chi connectivity index (χ2v) is 5.69. The molecule has 1 aromatic heterocycles. The van der Waals surface area contributed by atoms with Crippen LogP contribution in [0.5, 0.6) is 0 Å². The van der Waals surface area contributed by atoms with Crippen LogP contribution in [0.2, 0.25) is 0 Å². The largest absolute Gasteiger partial charge is 0.376 e. The molecule has 2 amide bonds. The lowest BCUT2D eigenvalue weighted by molar-refractivity contribution is -0.123. The molecule has 1 aromatic rings. The lowest BCUT2D eigenvalue weighted by Gasteiger charge is -2.47. The minimum Gasteiger partial charge on any atom is -0.376 e. The number of pyridine rings is 1. The van der Waals surface area contributed by atoms with Crippen molar-refractivity contribution in [2.45, 2.75) is 31.5 Å². The molecule has 1 saturated carbocycles. The first-order valence-corrected chi connectivity index (χ1v) is 7.43. The average molecular weight is 304 g/mol. The molecule has 1 aliphatic heterocycles. The van der Waals surface area contributed by atoms with Gasteiger partial charge in [-0.05, 0) is 18.6 Å². The number of carbonyl (C=O) groups is 2. The monoisotopic (exact) mass is 304 g/mol. The number of aromatic nitrogens is 1. The van der Waals surface area contributed by atoms with E-state index in [4.69, 9.17) is 4.74 Å². The quantitative estimate of drug-likeness (QED) is 0.736. The van der Waals surface area contributed by atoms with Crippen molar-refractivity contribution in [3.8, 4) is 0 Å². The Kier molecular flexibility index (Phi) is 3.98. The van der Waals surface area contributed by atoms with Crippen LogP contribution in [0.25, 0.3) is 0 Å². The van der Waals surface area contributed by atoms with E-state index in [0.717, 1.165) is 6.42 Å². The van der Waals surface area contributed by atoms with Gasteiger partial charge in [-0.3, -0.25) is 9.59 Å². The van der Waals surface area contributed by atoms with Crippen LogP contribution in [0.1, 0.15) is 23.7 Å². The van der Waals surface area contributed by atoms with Crippen molar-refractivity contribution in [1.82, 2.24) is 15.6 Å². The van der Waals surface area contributed by atoms with E-state index in [1.54, 1.807) is 25.4 Å². The van der Waals surface area contributed by atoms with Crippen molar-refractivity contribution >= 4 is 17.6 Å². The van der Waals surface area contributed by atoms with E-state index in [1.807, 2.05) is 0 Å². The van der Waals surface area contributed by atoms with Crippen molar-refractivity contribution in [3.05, 3.63) is 23.9 Å². The van der Waals surface area contributed by atoms with Gasteiger partial charge in [0.1, 0.15) is 5.82 Å². The Labute approximate surface area is 128 Å². The van der Waals surface area contributed by atoms with Gasteiger partial charge in [0.2, 0.25) is 5.91 Å². The third kappa shape index (κ3) is 2.64. The van der Waals surface area contributed by atoms with Gasteiger partial charge in [-0.25, -0.2) is 4.98 Å². The number of carbonyl (C=O) groups excluding carboxylic acids is 2.